The number of aromatic carboxylic acids is 1. The van der Waals surface area contributed by atoms with E-state index >= 15 is 0 Å². The fourth-order valence-electron chi connectivity index (χ4n) is 2.75. The molecule has 1 heterocycles. The van der Waals surface area contributed by atoms with Gasteiger partial charge in [0.2, 0.25) is 0 Å². The predicted octanol–water partition coefficient (Wildman–Crippen LogP) is 5.60. The van der Waals surface area contributed by atoms with Gasteiger partial charge in [0.1, 0.15) is 10.6 Å². The van der Waals surface area contributed by atoms with E-state index in [-0.39, 0.29) is 22.2 Å². The number of thiophene rings is 1. The number of halogens is 3. The van der Waals surface area contributed by atoms with E-state index < -0.39 is 12.3 Å². The molecule has 0 fully saturated rings. The number of carbonyl (C=O) groups is 2. The summed E-state index contributed by atoms with van der Waals surface area (Å²) < 4.78 is 40.8. The van der Waals surface area contributed by atoms with Gasteiger partial charge in [0, 0.05) is 17.5 Å². The first kappa shape index (κ1) is 21.4. The number of carboxylic acid groups (broad SMARTS) is 1. The van der Waals surface area contributed by atoms with Crippen molar-refractivity contribution in [1.29, 1.82) is 0 Å². The van der Waals surface area contributed by atoms with Crippen LogP contribution in [0.5, 0.6) is 5.75 Å². The van der Waals surface area contributed by atoms with E-state index in [1.807, 2.05) is 6.92 Å². The third-order valence-electron chi connectivity index (χ3n) is 4.24. The molecular formula is C21H16F3NO4S. The molecule has 0 unspecified atom stereocenters. The molecule has 0 atom stereocenters. The zero-order valence-electron chi connectivity index (χ0n) is 15.9. The van der Waals surface area contributed by atoms with Gasteiger partial charge in [0.25, 0.3) is 5.91 Å². The molecule has 0 saturated heterocycles. The molecule has 9 heteroatoms. The Balaban J connectivity index is 1.92. The molecule has 156 valence electrons. The second kappa shape index (κ2) is 8.19. The van der Waals surface area contributed by atoms with Gasteiger partial charge in [-0.05, 0) is 55.0 Å². The summed E-state index contributed by atoms with van der Waals surface area (Å²) in [5.41, 5.74) is 2.08. The molecule has 5 nitrogen and oxygen atoms in total. The lowest BCUT2D eigenvalue weighted by Gasteiger charge is -2.17. The van der Waals surface area contributed by atoms with E-state index in [1.54, 1.807) is 24.3 Å². The summed E-state index contributed by atoms with van der Waals surface area (Å²) in [6.45, 7) is 1.89. The first-order valence-corrected chi connectivity index (χ1v) is 9.45. The van der Waals surface area contributed by atoms with Gasteiger partial charge in [-0.1, -0.05) is 17.7 Å². The van der Waals surface area contributed by atoms with Gasteiger partial charge in [-0.25, -0.2) is 4.79 Å². The fourth-order valence-corrected chi connectivity index (χ4v) is 3.78. The van der Waals surface area contributed by atoms with Crippen LogP contribution in [0.25, 0.3) is 10.4 Å². The molecule has 0 spiro atoms. The van der Waals surface area contributed by atoms with Crippen LogP contribution in [0.1, 0.15) is 25.6 Å². The summed E-state index contributed by atoms with van der Waals surface area (Å²) in [6, 6.07) is 13.5. The minimum atomic E-state index is -4.80. The number of anilines is 1. The Morgan fingerprint density at radius 2 is 1.63 bits per heavy atom. The quantitative estimate of drug-likeness (QED) is 0.567. The highest BCUT2D eigenvalue weighted by molar-refractivity contribution is 7.18. The number of carboxylic acids is 1. The molecule has 0 saturated carbocycles. The van der Waals surface area contributed by atoms with Gasteiger partial charge in [0.05, 0.1) is 5.69 Å². The largest absolute Gasteiger partial charge is 0.573 e. The van der Waals surface area contributed by atoms with Crippen LogP contribution in [0, 0.1) is 6.92 Å². The van der Waals surface area contributed by atoms with E-state index in [2.05, 4.69) is 4.74 Å². The summed E-state index contributed by atoms with van der Waals surface area (Å²) in [7, 11) is 1.47. The highest BCUT2D eigenvalue weighted by Crippen LogP contribution is 2.38. The normalized spacial score (nSPS) is 11.2. The molecule has 3 rings (SSSR count). The number of hydrogen-bond donors (Lipinski definition) is 1. The molecule has 0 aliphatic carbocycles. The standard InChI is InChI=1S/C21H16F3NO4S/c1-12-3-5-14(6-4-12)19(26)25(2)16-11-17(30-18(16)20(27)28)13-7-9-15(10-8-13)29-21(22,23)24/h3-11H,1-2H3,(H,27,28). The summed E-state index contributed by atoms with van der Waals surface area (Å²) in [5.74, 6) is -1.97. The van der Waals surface area contributed by atoms with E-state index in [0.717, 1.165) is 29.0 Å². The maximum atomic E-state index is 12.8. The average molecular weight is 435 g/mol. The Bertz CT molecular complexity index is 1070. The van der Waals surface area contributed by atoms with Crippen LogP contribution >= 0.6 is 11.3 Å². The van der Waals surface area contributed by atoms with Crippen LogP contribution < -0.4 is 9.64 Å². The lowest BCUT2D eigenvalue weighted by molar-refractivity contribution is -0.274. The van der Waals surface area contributed by atoms with Crippen molar-refractivity contribution in [1.82, 2.24) is 0 Å². The lowest BCUT2D eigenvalue weighted by Crippen LogP contribution is -2.27. The van der Waals surface area contributed by atoms with Crippen LogP contribution in [-0.2, 0) is 0 Å². The zero-order chi connectivity index (χ0) is 22.1. The average Bonchev–Trinajstić information content (AvgIpc) is 3.12. The molecule has 3 aromatic rings. The van der Waals surface area contributed by atoms with Crippen LogP contribution in [0.2, 0.25) is 0 Å². The van der Waals surface area contributed by atoms with Crippen LogP contribution in [0.3, 0.4) is 0 Å². The number of benzene rings is 2. The predicted molar refractivity (Wildman–Crippen MR) is 107 cm³/mol. The maximum Gasteiger partial charge on any atom is 0.573 e. The Morgan fingerprint density at radius 1 is 1.03 bits per heavy atom. The SMILES string of the molecule is Cc1ccc(C(=O)N(C)c2cc(-c3ccc(OC(F)(F)F)cc3)sc2C(=O)O)cc1. The molecule has 1 amide bonds. The van der Waals surface area contributed by atoms with Gasteiger partial charge in [-0.2, -0.15) is 0 Å². The third kappa shape index (κ3) is 4.80. The fraction of sp³-hybridized carbons (Fsp3) is 0.143. The maximum absolute atomic E-state index is 12.8. The summed E-state index contributed by atoms with van der Waals surface area (Å²) in [4.78, 5) is 26.2. The van der Waals surface area contributed by atoms with Gasteiger partial charge >= 0.3 is 12.3 Å². The van der Waals surface area contributed by atoms with Gasteiger partial charge < -0.3 is 14.7 Å². The highest BCUT2D eigenvalue weighted by atomic mass is 32.1. The minimum absolute atomic E-state index is 0.0522. The Kier molecular flexibility index (Phi) is 5.84. The van der Waals surface area contributed by atoms with Crippen molar-refractivity contribution in [2.75, 3.05) is 11.9 Å². The summed E-state index contributed by atoms with van der Waals surface area (Å²) >= 11 is 0.927. The number of amides is 1. The molecule has 30 heavy (non-hydrogen) atoms. The first-order valence-electron chi connectivity index (χ1n) is 8.63. The van der Waals surface area contributed by atoms with Crippen molar-refractivity contribution in [3.8, 4) is 16.2 Å². The first-order chi connectivity index (χ1) is 14.0. The minimum Gasteiger partial charge on any atom is -0.477 e. The van der Waals surface area contributed by atoms with E-state index in [9.17, 15) is 27.9 Å². The van der Waals surface area contributed by atoms with Crippen LogP contribution in [0.15, 0.2) is 54.6 Å². The number of nitrogens with zero attached hydrogens (tertiary/aromatic N) is 1. The Morgan fingerprint density at radius 3 is 2.17 bits per heavy atom. The van der Waals surface area contributed by atoms with Crippen molar-refractivity contribution in [2.45, 2.75) is 13.3 Å². The number of hydrogen-bond acceptors (Lipinski definition) is 4. The number of carbonyl (C=O) groups excluding carboxylic acids is 1. The van der Waals surface area contributed by atoms with E-state index in [4.69, 9.17) is 0 Å². The Labute approximate surface area is 173 Å². The van der Waals surface area contributed by atoms with Gasteiger partial charge in [0.15, 0.2) is 0 Å². The van der Waals surface area contributed by atoms with Gasteiger partial charge in [-0.15, -0.1) is 24.5 Å². The third-order valence-corrected chi connectivity index (χ3v) is 5.40. The second-order valence-corrected chi connectivity index (χ2v) is 7.48. The molecule has 0 aliphatic heterocycles. The molecule has 2 aromatic carbocycles. The summed E-state index contributed by atoms with van der Waals surface area (Å²) in [5, 5.41) is 9.56. The number of aryl methyl sites for hydroxylation is 1. The van der Waals surface area contributed by atoms with Crippen molar-refractivity contribution in [2.24, 2.45) is 0 Å². The highest BCUT2D eigenvalue weighted by Gasteiger charge is 2.31. The molecular weight excluding hydrogens is 419 g/mol. The molecule has 1 N–H and O–H groups in total. The van der Waals surface area contributed by atoms with Crippen molar-refractivity contribution in [3.05, 3.63) is 70.6 Å². The molecule has 0 radical (unpaired) electrons. The summed E-state index contributed by atoms with van der Waals surface area (Å²) in [6.07, 6.45) is -4.80. The lowest BCUT2D eigenvalue weighted by atomic mass is 10.1. The monoisotopic (exact) mass is 435 g/mol. The topological polar surface area (TPSA) is 66.8 Å². The second-order valence-electron chi connectivity index (χ2n) is 6.43. The molecule has 0 bridgehead atoms. The van der Waals surface area contributed by atoms with Crippen molar-refractivity contribution in [3.63, 3.8) is 0 Å². The Hall–Kier alpha value is -3.33. The molecule has 0 aliphatic rings. The van der Waals surface area contributed by atoms with E-state index in [1.165, 1.54) is 30.1 Å². The van der Waals surface area contributed by atoms with Crippen molar-refractivity contribution < 1.29 is 32.6 Å². The number of ether oxygens (including phenoxy) is 1. The van der Waals surface area contributed by atoms with Crippen LogP contribution in [0.4, 0.5) is 18.9 Å². The van der Waals surface area contributed by atoms with Gasteiger partial charge in [-0.3, -0.25) is 4.79 Å². The number of rotatable bonds is 5. The van der Waals surface area contributed by atoms with Crippen LogP contribution in [-0.4, -0.2) is 30.4 Å². The van der Waals surface area contributed by atoms with Crippen molar-refractivity contribution >= 4 is 28.9 Å². The van der Waals surface area contributed by atoms with E-state index in [0.29, 0.717) is 16.0 Å². The molecule has 1 aromatic heterocycles. The number of alkyl halides is 3. The smallest absolute Gasteiger partial charge is 0.477 e. The zero-order valence-corrected chi connectivity index (χ0v) is 16.7.